The van der Waals surface area contributed by atoms with Gasteiger partial charge in [0.2, 0.25) is 15.9 Å². The molecule has 2 atom stereocenters. The number of carbonyl (C=O) groups is 1. The number of amides is 1. The summed E-state index contributed by atoms with van der Waals surface area (Å²) in [5, 5.41) is 8.63. The van der Waals surface area contributed by atoms with E-state index in [-0.39, 0.29) is 18.5 Å². The van der Waals surface area contributed by atoms with Gasteiger partial charge in [-0.15, -0.1) is 0 Å². The monoisotopic (exact) mass is 484 g/mol. The van der Waals surface area contributed by atoms with Gasteiger partial charge in [-0.3, -0.25) is 4.79 Å². The van der Waals surface area contributed by atoms with Crippen molar-refractivity contribution in [3.05, 3.63) is 65.0 Å². The minimum atomic E-state index is -3.79. The Bertz CT molecular complexity index is 1220. The number of sulfonamides is 1. The number of rotatable bonds is 4. The first-order valence-electron chi connectivity index (χ1n) is 11.5. The number of benzene rings is 2. The first-order valence-corrected chi connectivity index (χ1v) is 13.0. The summed E-state index contributed by atoms with van der Waals surface area (Å²) in [6.45, 7) is 5.75. The molecular weight excluding hydrogens is 455 g/mol. The summed E-state index contributed by atoms with van der Waals surface area (Å²) >= 11 is 0. The van der Waals surface area contributed by atoms with Crippen LogP contribution in [0.4, 0.5) is 10.1 Å². The number of anilines is 1. The lowest BCUT2D eigenvalue weighted by Crippen LogP contribution is -2.48. The molecule has 2 heterocycles. The topological polar surface area (TPSA) is 84.7 Å². The lowest BCUT2D eigenvalue weighted by atomic mass is 10.00. The van der Waals surface area contributed by atoms with Gasteiger partial charge < -0.3 is 9.80 Å². The van der Waals surface area contributed by atoms with Crippen LogP contribution in [0.25, 0.3) is 0 Å². The molecular formula is C25H29FN4O3S. The molecule has 0 aliphatic carbocycles. The van der Waals surface area contributed by atoms with Gasteiger partial charge in [0, 0.05) is 56.9 Å². The van der Waals surface area contributed by atoms with E-state index in [0.29, 0.717) is 55.7 Å². The van der Waals surface area contributed by atoms with Crippen LogP contribution in [0.2, 0.25) is 0 Å². The van der Waals surface area contributed by atoms with Crippen LogP contribution in [0.1, 0.15) is 48.6 Å². The van der Waals surface area contributed by atoms with Crippen LogP contribution >= 0.6 is 0 Å². The molecule has 9 heteroatoms. The van der Waals surface area contributed by atoms with Gasteiger partial charge in [-0.1, -0.05) is 24.3 Å². The van der Waals surface area contributed by atoms with Gasteiger partial charge in [0.15, 0.2) is 0 Å². The van der Waals surface area contributed by atoms with Gasteiger partial charge in [-0.05, 0) is 43.5 Å². The highest BCUT2D eigenvalue weighted by Gasteiger charge is 2.41. The standard InChI is InChI=1S/C25H29FN4O3S/c1-18-7-10-25(23-6-4-3-5-20(23)16-27)34(32,33)30(18)17-21-8-9-22(15-24(21)26)29-13-11-28(12-14-29)19(2)31/h3-6,8-9,15,18,25H,7,10-14,17H2,1-2H3/t18-,25?/m0/s1. The number of piperazine rings is 1. The molecule has 0 saturated carbocycles. The Hall–Kier alpha value is -2.96. The average molecular weight is 485 g/mol. The van der Waals surface area contributed by atoms with E-state index in [4.69, 9.17) is 0 Å². The fourth-order valence-electron chi connectivity index (χ4n) is 4.85. The third-order valence-electron chi connectivity index (χ3n) is 6.91. The molecule has 180 valence electrons. The maximum atomic E-state index is 15.1. The molecule has 4 rings (SSSR count). The molecule has 0 radical (unpaired) electrons. The van der Waals surface area contributed by atoms with E-state index in [9.17, 15) is 18.5 Å². The van der Waals surface area contributed by atoms with Crippen LogP contribution < -0.4 is 4.90 Å². The van der Waals surface area contributed by atoms with Gasteiger partial charge in [-0.2, -0.15) is 9.57 Å². The predicted molar refractivity (Wildman–Crippen MR) is 128 cm³/mol. The summed E-state index contributed by atoms with van der Waals surface area (Å²) in [5.74, 6) is -0.415. The number of hydrogen-bond acceptors (Lipinski definition) is 5. The highest BCUT2D eigenvalue weighted by atomic mass is 32.2. The molecule has 0 N–H and O–H groups in total. The zero-order valence-electron chi connectivity index (χ0n) is 19.4. The van der Waals surface area contributed by atoms with Crippen LogP contribution in [-0.4, -0.2) is 55.8 Å². The van der Waals surface area contributed by atoms with Crippen LogP contribution in [0.15, 0.2) is 42.5 Å². The summed E-state index contributed by atoms with van der Waals surface area (Å²) in [6, 6.07) is 13.5. The van der Waals surface area contributed by atoms with E-state index in [1.165, 1.54) is 10.4 Å². The van der Waals surface area contributed by atoms with Crippen LogP contribution in [0.5, 0.6) is 0 Å². The molecule has 2 saturated heterocycles. The van der Waals surface area contributed by atoms with Gasteiger partial charge in [0.1, 0.15) is 11.1 Å². The van der Waals surface area contributed by atoms with Crippen molar-refractivity contribution in [2.45, 2.75) is 44.5 Å². The number of nitrogens with zero attached hydrogens (tertiary/aromatic N) is 4. The maximum Gasteiger partial charge on any atom is 0.221 e. The molecule has 2 fully saturated rings. The lowest BCUT2D eigenvalue weighted by molar-refractivity contribution is -0.129. The second kappa shape index (κ2) is 9.72. The average Bonchev–Trinajstić information content (AvgIpc) is 2.82. The van der Waals surface area contributed by atoms with Gasteiger partial charge >= 0.3 is 0 Å². The Labute approximate surface area is 200 Å². The highest BCUT2D eigenvalue weighted by molar-refractivity contribution is 7.89. The van der Waals surface area contributed by atoms with Crippen LogP contribution in [0.3, 0.4) is 0 Å². The van der Waals surface area contributed by atoms with Gasteiger partial charge in [0.25, 0.3) is 0 Å². The van der Waals surface area contributed by atoms with Crippen molar-refractivity contribution in [2.75, 3.05) is 31.1 Å². The molecule has 1 amide bonds. The summed E-state index contributed by atoms with van der Waals surface area (Å²) in [5.41, 5.74) is 1.89. The molecule has 0 bridgehead atoms. The van der Waals surface area contributed by atoms with E-state index in [1.807, 2.05) is 17.9 Å². The van der Waals surface area contributed by atoms with Crippen LogP contribution in [0, 0.1) is 17.1 Å². The van der Waals surface area contributed by atoms with Crippen molar-refractivity contribution < 1.29 is 17.6 Å². The Kier molecular flexibility index (Phi) is 6.91. The third kappa shape index (κ3) is 4.65. The van der Waals surface area contributed by atoms with Crippen molar-refractivity contribution in [1.29, 1.82) is 5.26 Å². The summed E-state index contributed by atoms with van der Waals surface area (Å²) < 4.78 is 43.6. The summed E-state index contributed by atoms with van der Waals surface area (Å²) in [7, 11) is -3.79. The largest absolute Gasteiger partial charge is 0.368 e. The minimum Gasteiger partial charge on any atom is -0.368 e. The van der Waals surface area contributed by atoms with Crippen molar-refractivity contribution in [2.24, 2.45) is 0 Å². The van der Waals surface area contributed by atoms with E-state index < -0.39 is 21.1 Å². The molecule has 1 unspecified atom stereocenters. The highest BCUT2D eigenvalue weighted by Crippen LogP contribution is 2.39. The lowest BCUT2D eigenvalue weighted by Gasteiger charge is -2.38. The molecule has 7 nitrogen and oxygen atoms in total. The summed E-state index contributed by atoms with van der Waals surface area (Å²) in [4.78, 5) is 15.3. The van der Waals surface area contributed by atoms with E-state index in [2.05, 4.69) is 6.07 Å². The minimum absolute atomic E-state index is 0.0359. The normalized spacial score (nSPS) is 22.9. The van der Waals surface area contributed by atoms with Gasteiger partial charge in [-0.25, -0.2) is 12.8 Å². The molecule has 0 spiro atoms. The summed E-state index contributed by atoms with van der Waals surface area (Å²) in [6.07, 6.45) is 1.05. The zero-order chi connectivity index (χ0) is 24.5. The molecule has 0 aromatic heterocycles. The SMILES string of the molecule is CC(=O)N1CCN(c2ccc(CN3[C@@H](C)CCC(c4ccccc4C#N)S3(=O)=O)c(F)c2)CC1. The Balaban J connectivity index is 1.54. The third-order valence-corrected chi connectivity index (χ3v) is 9.26. The first kappa shape index (κ1) is 24.2. The molecule has 2 aliphatic rings. The first-order chi connectivity index (χ1) is 16.2. The molecule has 2 aliphatic heterocycles. The second-order valence-corrected chi connectivity index (χ2v) is 11.0. The molecule has 2 aromatic carbocycles. The van der Waals surface area contributed by atoms with Crippen molar-refractivity contribution in [3.8, 4) is 6.07 Å². The van der Waals surface area contributed by atoms with E-state index >= 15 is 4.39 Å². The smallest absolute Gasteiger partial charge is 0.221 e. The van der Waals surface area contributed by atoms with Crippen LogP contribution in [-0.2, 0) is 21.4 Å². The van der Waals surface area contributed by atoms with Crippen molar-refractivity contribution in [3.63, 3.8) is 0 Å². The van der Waals surface area contributed by atoms with E-state index in [0.717, 1.165) is 5.69 Å². The van der Waals surface area contributed by atoms with Gasteiger partial charge in [0.05, 0.1) is 11.6 Å². The fourth-order valence-corrected chi connectivity index (χ4v) is 7.06. The van der Waals surface area contributed by atoms with E-state index in [1.54, 1.807) is 42.2 Å². The quantitative estimate of drug-likeness (QED) is 0.664. The number of halogens is 1. The number of nitriles is 1. The fraction of sp³-hybridized carbons (Fsp3) is 0.440. The Morgan fingerprint density at radius 1 is 1.12 bits per heavy atom. The zero-order valence-corrected chi connectivity index (χ0v) is 20.3. The molecule has 34 heavy (non-hydrogen) atoms. The predicted octanol–water partition coefficient (Wildman–Crippen LogP) is 3.42. The second-order valence-electron chi connectivity index (χ2n) is 8.97. The maximum absolute atomic E-state index is 15.1. The number of carbonyl (C=O) groups excluding carboxylic acids is 1. The Morgan fingerprint density at radius 2 is 1.82 bits per heavy atom. The van der Waals surface area contributed by atoms with Crippen molar-refractivity contribution >= 4 is 21.6 Å². The molecule has 2 aromatic rings. The number of hydrogen-bond donors (Lipinski definition) is 0. The van der Waals surface area contributed by atoms with Crippen molar-refractivity contribution in [1.82, 2.24) is 9.21 Å². The Morgan fingerprint density at radius 3 is 2.47 bits per heavy atom.